The fourth-order valence-electron chi connectivity index (χ4n) is 2.04. The van der Waals surface area contributed by atoms with Crippen molar-refractivity contribution >= 4 is 21.8 Å². The van der Waals surface area contributed by atoms with Crippen molar-refractivity contribution in [3.63, 3.8) is 0 Å². The first-order chi connectivity index (χ1) is 8.06. The fourth-order valence-corrected chi connectivity index (χ4v) is 2.71. The average Bonchev–Trinajstić information content (AvgIpc) is 2.23. The summed E-state index contributed by atoms with van der Waals surface area (Å²) in [6.45, 7) is 2.00. The summed E-state index contributed by atoms with van der Waals surface area (Å²) < 4.78 is 0.794. The standard InChI is InChI=1S/C13H16BrNO2/c1-9-3-4-10(11(14)7-9)12(17)15-13(8-16)5-2-6-13/h3-4,7,16H,2,5-6,8H2,1H3,(H,15,17). The Hall–Kier alpha value is -0.870. The Kier molecular flexibility index (Phi) is 3.54. The second-order valence-corrected chi connectivity index (χ2v) is 5.58. The van der Waals surface area contributed by atoms with Crippen LogP contribution in [0.1, 0.15) is 35.2 Å². The van der Waals surface area contributed by atoms with Gasteiger partial charge in [-0.2, -0.15) is 0 Å². The van der Waals surface area contributed by atoms with Gasteiger partial charge in [0.25, 0.3) is 5.91 Å². The fraction of sp³-hybridized carbons (Fsp3) is 0.462. The highest BCUT2D eigenvalue weighted by molar-refractivity contribution is 9.10. The average molecular weight is 298 g/mol. The van der Waals surface area contributed by atoms with Crippen LogP contribution < -0.4 is 5.32 Å². The maximum absolute atomic E-state index is 12.1. The van der Waals surface area contributed by atoms with Crippen molar-refractivity contribution in [3.05, 3.63) is 33.8 Å². The molecule has 0 spiro atoms. The van der Waals surface area contributed by atoms with E-state index in [0.29, 0.717) is 5.56 Å². The molecular formula is C13H16BrNO2. The minimum atomic E-state index is -0.387. The van der Waals surface area contributed by atoms with Gasteiger partial charge in [-0.15, -0.1) is 0 Å². The molecular weight excluding hydrogens is 282 g/mol. The van der Waals surface area contributed by atoms with E-state index in [1.807, 2.05) is 19.1 Å². The maximum Gasteiger partial charge on any atom is 0.252 e. The molecule has 0 aromatic heterocycles. The summed E-state index contributed by atoms with van der Waals surface area (Å²) in [5, 5.41) is 12.3. The number of benzene rings is 1. The number of aliphatic hydroxyl groups is 1. The van der Waals surface area contributed by atoms with E-state index in [4.69, 9.17) is 0 Å². The van der Waals surface area contributed by atoms with E-state index in [0.717, 1.165) is 29.3 Å². The van der Waals surface area contributed by atoms with Crippen LogP contribution in [0, 0.1) is 6.92 Å². The number of nitrogens with one attached hydrogen (secondary N) is 1. The Bertz CT molecular complexity index is 436. The third-order valence-corrected chi connectivity index (χ3v) is 4.02. The molecule has 2 rings (SSSR count). The van der Waals surface area contributed by atoms with Crippen molar-refractivity contribution < 1.29 is 9.90 Å². The quantitative estimate of drug-likeness (QED) is 0.900. The van der Waals surface area contributed by atoms with Crippen LogP contribution in [-0.2, 0) is 0 Å². The second-order valence-electron chi connectivity index (χ2n) is 4.73. The lowest BCUT2D eigenvalue weighted by molar-refractivity contribution is 0.0641. The van der Waals surface area contributed by atoms with Gasteiger partial charge < -0.3 is 10.4 Å². The van der Waals surface area contributed by atoms with Crippen molar-refractivity contribution in [2.45, 2.75) is 31.7 Å². The molecule has 0 saturated heterocycles. The summed E-state index contributed by atoms with van der Waals surface area (Å²) in [6, 6.07) is 5.63. The smallest absolute Gasteiger partial charge is 0.252 e. The minimum absolute atomic E-state index is 0.0161. The molecule has 0 bridgehead atoms. The highest BCUT2D eigenvalue weighted by Gasteiger charge is 2.38. The van der Waals surface area contributed by atoms with Crippen LogP contribution in [0.2, 0.25) is 0 Å². The number of aliphatic hydroxyl groups excluding tert-OH is 1. The van der Waals surface area contributed by atoms with Gasteiger partial charge in [0.15, 0.2) is 0 Å². The van der Waals surface area contributed by atoms with E-state index < -0.39 is 0 Å². The molecule has 1 aliphatic carbocycles. The Morgan fingerprint density at radius 2 is 2.24 bits per heavy atom. The Morgan fingerprint density at radius 3 is 2.71 bits per heavy atom. The van der Waals surface area contributed by atoms with Crippen LogP contribution in [0.25, 0.3) is 0 Å². The number of hydrogen-bond acceptors (Lipinski definition) is 2. The monoisotopic (exact) mass is 297 g/mol. The number of carbonyl (C=O) groups excluding carboxylic acids is 1. The second kappa shape index (κ2) is 4.78. The van der Waals surface area contributed by atoms with E-state index in [2.05, 4.69) is 21.2 Å². The summed E-state index contributed by atoms with van der Waals surface area (Å²) >= 11 is 3.39. The number of hydrogen-bond donors (Lipinski definition) is 2. The molecule has 0 unspecified atom stereocenters. The third kappa shape index (κ3) is 2.53. The highest BCUT2D eigenvalue weighted by atomic mass is 79.9. The van der Waals surface area contributed by atoms with Crippen LogP contribution in [0.15, 0.2) is 22.7 Å². The zero-order valence-corrected chi connectivity index (χ0v) is 11.4. The highest BCUT2D eigenvalue weighted by Crippen LogP contribution is 2.32. The Labute approximate surface area is 109 Å². The number of halogens is 1. The summed E-state index contributed by atoms with van der Waals surface area (Å²) in [7, 11) is 0. The van der Waals surface area contributed by atoms with Crippen molar-refractivity contribution in [1.29, 1.82) is 0 Å². The van der Waals surface area contributed by atoms with Crippen LogP contribution >= 0.6 is 15.9 Å². The molecule has 92 valence electrons. The Morgan fingerprint density at radius 1 is 1.53 bits per heavy atom. The SMILES string of the molecule is Cc1ccc(C(=O)NC2(CO)CCC2)c(Br)c1. The van der Waals surface area contributed by atoms with Crippen LogP contribution in [0.4, 0.5) is 0 Å². The number of rotatable bonds is 3. The van der Waals surface area contributed by atoms with Crippen molar-refractivity contribution in [1.82, 2.24) is 5.32 Å². The molecule has 1 saturated carbocycles. The predicted molar refractivity (Wildman–Crippen MR) is 70.0 cm³/mol. The van der Waals surface area contributed by atoms with Gasteiger partial charge in [0.2, 0.25) is 0 Å². The molecule has 1 aromatic rings. The van der Waals surface area contributed by atoms with Gasteiger partial charge in [-0.1, -0.05) is 6.07 Å². The van der Waals surface area contributed by atoms with Gasteiger partial charge in [-0.25, -0.2) is 0 Å². The lowest BCUT2D eigenvalue weighted by Gasteiger charge is -2.41. The molecule has 0 aliphatic heterocycles. The molecule has 3 nitrogen and oxygen atoms in total. The predicted octanol–water partition coefficient (Wildman–Crippen LogP) is 2.40. The van der Waals surface area contributed by atoms with Gasteiger partial charge in [0, 0.05) is 4.47 Å². The lowest BCUT2D eigenvalue weighted by Crippen LogP contribution is -2.56. The molecule has 4 heteroatoms. The summed E-state index contributed by atoms with van der Waals surface area (Å²) in [6.07, 6.45) is 2.79. The summed E-state index contributed by atoms with van der Waals surface area (Å²) in [5.74, 6) is -0.120. The summed E-state index contributed by atoms with van der Waals surface area (Å²) in [5.41, 5.74) is 1.34. The van der Waals surface area contributed by atoms with Crippen molar-refractivity contribution in [3.8, 4) is 0 Å². The van der Waals surface area contributed by atoms with Gasteiger partial charge in [0.1, 0.15) is 0 Å². The van der Waals surface area contributed by atoms with Gasteiger partial charge in [-0.3, -0.25) is 4.79 Å². The number of carbonyl (C=O) groups is 1. The van der Waals surface area contributed by atoms with E-state index in [-0.39, 0.29) is 18.1 Å². The molecule has 17 heavy (non-hydrogen) atoms. The summed E-state index contributed by atoms with van der Waals surface area (Å²) in [4.78, 5) is 12.1. The molecule has 1 fully saturated rings. The van der Waals surface area contributed by atoms with Crippen LogP contribution in [-0.4, -0.2) is 23.2 Å². The first kappa shape index (κ1) is 12.6. The van der Waals surface area contributed by atoms with Crippen LogP contribution in [0.3, 0.4) is 0 Å². The van der Waals surface area contributed by atoms with Crippen molar-refractivity contribution in [2.24, 2.45) is 0 Å². The topological polar surface area (TPSA) is 49.3 Å². The lowest BCUT2D eigenvalue weighted by atomic mass is 9.77. The first-order valence-electron chi connectivity index (χ1n) is 5.76. The van der Waals surface area contributed by atoms with E-state index >= 15 is 0 Å². The van der Waals surface area contributed by atoms with E-state index in [1.54, 1.807) is 6.07 Å². The minimum Gasteiger partial charge on any atom is -0.394 e. The zero-order valence-electron chi connectivity index (χ0n) is 9.79. The Balaban J connectivity index is 2.14. The van der Waals surface area contributed by atoms with Gasteiger partial charge >= 0.3 is 0 Å². The first-order valence-corrected chi connectivity index (χ1v) is 6.55. The van der Waals surface area contributed by atoms with E-state index in [1.165, 1.54) is 0 Å². The van der Waals surface area contributed by atoms with Gasteiger partial charge in [0.05, 0.1) is 17.7 Å². The van der Waals surface area contributed by atoms with Crippen LogP contribution in [0.5, 0.6) is 0 Å². The molecule has 0 heterocycles. The largest absolute Gasteiger partial charge is 0.394 e. The molecule has 1 aromatic carbocycles. The zero-order chi connectivity index (χ0) is 12.5. The normalized spacial score (nSPS) is 17.4. The molecule has 0 radical (unpaired) electrons. The number of aryl methyl sites for hydroxylation is 1. The third-order valence-electron chi connectivity index (χ3n) is 3.36. The van der Waals surface area contributed by atoms with Gasteiger partial charge in [-0.05, 0) is 59.8 Å². The van der Waals surface area contributed by atoms with Crippen molar-refractivity contribution in [2.75, 3.05) is 6.61 Å². The maximum atomic E-state index is 12.1. The molecule has 0 atom stereocenters. The molecule has 1 amide bonds. The molecule has 2 N–H and O–H groups in total. The molecule has 1 aliphatic rings. The number of amides is 1. The van der Waals surface area contributed by atoms with E-state index in [9.17, 15) is 9.90 Å².